The van der Waals surface area contributed by atoms with Gasteiger partial charge in [0.25, 0.3) is 0 Å². The smallest absolute Gasteiger partial charge is 0.225 e. The van der Waals surface area contributed by atoms with Crippen molar-refractivity contribution in [1.82, 2.24) is 10.2 Å². The van der Waals surface area contributed by atoms with E-state index in [1.54, 1.807) is 17.4 Å². The highest BCUT2D eigenvalue weighted by Crippen LogP contribution is 2.17. The summed E-state index contributed by atoms with van der Waals surface area (Å²) in [5.41, 5.74) is 1.05. The maximum Gasteiger partial charge on any atom is 0.225 e. The van der Waals surface area contributed by atoms with Crippen LogP contribution in [0.1, 0.15) is 24.8 Å². The standard InChI is InChI=1S/C13H20N2O2/c1-15(9-11-5-8-17-10-11)13(16)12-3-2-6-14-7-4-12/h5,8,10,12,14H,2-4,6-7,9H2,1H3/t12-/m0/s1. The van der Waals surface area contributed by atoms with E-state index in [4.69, 9.17) is 4.42 Å². The first-order valence-electron chi connectivity index (χ1n) is 6.24. The van der Waals surface area contributed by atoms with Crippen LogP contribution in [-0.2, 0) is 11.3 Å². The second kappa shape index (κ2) is 5.87. The average Bonchev–Trinajstić information content (AvgIpc) is 2.68. The fourth-order valence-corrected chi connectivity index (χ4v) is 2.31. The first kappa shape index (κ1) is 12.2. The SMILES string of the molecule is CN(Cc1ccoc1)C(=O)[C@H]1CCCNCC1. The van der Waals surface area contributed by atoms with Crippen molar-refractivity contribution in [3.05, 3.63) is 24.2 Å². The van der Waals surface area contributed by atoms with Crippen LogP contribution >= 0.6 is 0 Å². The van der Waals surface area contributed by atoms with E-state index in [2.05, 4.69) is 5.32 Å². The molecule has 17 heavy (non-hydrogen) atoms. The van der Waals surface area contributed by atoms with Crippen molar-refractivity contribution in [3.8, 4) is 0 Å². The van der Waals surface area contributed by atoms with E-state index in [-0.39, 0.29) is 11.8 Å². The summed E-state index contributed by atoms with van der Waals surface area (Å²) in [7, 11) is 1.87. The molecule has 0 unspecified atom stereocenters. The van der Waals surface area contributed by atoms with Gasteiger partial charge in [-0.2, -0.15) is 0 Å². The lowest BCUT2D eigenvalue weighted by atomic mass is 9.99. The predicted octanol–water partition coefficient (Wildman–Crippen LogP) is 1.63. The van der Waals surface area contributed by atoms with Crippen LogP contribution in [0.15, 0.2) is 23.0 Å². The van der Waals surface area contributed by atoms with Gasteiger partial charge < -0.3 is 14.6 Å². The third-order valence-electron chi connectivity index (χ3n) is 3.30. The number of nitrogens with one attached hydrogen (secondary N) is 1. The summed E-state index contributed by atoms with van der Waals surface area (Å²) in [6.45, 7) is 2.63. The highest BCUT2D eigenvalue weighted by molar-refractivity contribution is 5.78. The summed E-state index contributed by atoms with van der Waals surface area (Å²) in [4.78, 5) is 14.1. The van der Waals surface area contributed by atoms with Crippen LogP contribution in [0.3, 0.4) is 0 Å². The molecular formula is C13H20N2O2. The van der Waals surface area contributed by atoms with Crippen molar-refractivity contribution in [2.24, 2.45) is 5.92 Å². The monoisotopic (exact) mass is 236 g/mol. The molecule has 0 aliphatic carbocycles. The zero-order valence-corrected chi connectivity index (χ0v) is 10.3. The van der Waals surface area contributed by atoms with E-state index in [0.29, 0.717) is 6.54 Å². The summed E-state index contributed by atoms with van der Waals surface area (Å²) < 4.78 is 5.01. The molecule has 0 bridgehead atoms. The fourth-order valence-electron chi connectivity index (χ4n) is 2.31. The first-order chi connectivity index (χ1) is 8.27. The highest BCUT2D eigenvalue weighted by atomic mass is 16.3. The maximum absolute atomic E-state index is 12.2. The molecule has 4 nitrogen and oxygen atoms in total. The van der Waals surface area contributed by atoms with Crippen LogP contribution < -0.4 is 5.32 Å². The molecule has 0 saturated carbocycles. The molecule has 4 heteroatoms. The highest BCUT2D eigenvalue weighted by Gasteiger charge is 2.23. The topological polar surface area (TPSA) is 45.5 Å². The van der Waals surface area contributed by atoms with Gasteiger partial charge in [-0.25, -0.2) is 0 Å². The quantitative estimate of drug-likeness (QED) is 0.867. The Morgan fingerprint density at radius 1 is 1.53 bits per heavy atom. The Hall–Kier alpha value is -1.29. The summed E-state index contributed by atoms with van der Waals surface area (Å²) >= 11 is 0. The molecule has 1 aromatic rings. The Bertz CT molecular complexity index is 340. The van der Waals surface area contributed by atoms with Crippen molar-refractivity contribution in [2.75, 3.05) is 20.1 Å². The van der Waals surface area contributed by atoms with Gasteiger partial charge in [-0.1, -0.05) is 0 Å². The molecule has 1 saturated heterocycles. The van der Waals surface area contributed by atoms with Gasteiger partial charge >= 0.3 is 0 Å². The summed E-state index contributed by atoms with van der Waals surface area (Å²) in [5.74, 6) is 0.441. The number of rotatable bonds is 3. The van der Waals surface area contributed by atoms with Gasteiger partial charge in [0.15, 0.2) is 0 Å². The number of nitrogens with zero attached hydrogens (tertiary/aromatic N) is 1. The van der Waals surface area contributed by atoms with Crippen molar-refractivity contribution >= 4 is 5.91 Å². The van der Waals surface area contributed by atoms with Crippen molar-refractivity contribution in [2.45, 2.75) is 25.8 Å². The zero-order valence-electron chi connectivity index (χ0n) is 10.3. The molecule has 1 amide bonds. The van der Waals surface area contributed by atoms with Crippen molar-refractivity contribution in [1.29, 1.82) is 0 Å². The van der Waals surface area contributed by atoms with Crippen LogP contribution in [0.25, 0.3) is 0 Å². The molecule has 0 spiro atoms. The Labute approximate surface area is 102 Å². The van der Waals surface area contributed by atoms with Crippen LogP contribution in [-0.4, -0.2) is 30.9 Å². The number of carbonyl (C=O) groups is 1. The summed E-state index contributed by atoms with van der Waals surface area (Å²) in [6, 6.07) is 1.90. The van der Waals surface area contributed by atoms with E-state index in [0.717, 1.165) is 37.9 Å². The lowest BCUT2D eigenvalue weighted by Gasteiger charge is -2.22. The molecule has 0 radical (unpaired) electrons. The van der Waals surface area contributed by atoms with E-state index >= 15 is 0 Å². The number of amides is 1. The maximum atomic E-state index is 12.2. The Morgan fingerprint density at radius 3 is 3.18 bits per heavy atom. The Balaban J connectivity index is 1.89. The van der Waals surface area contributed by atoms with E-state index < -0.39 is 0 Å². The number of furan rings is 1. The summed E-state index contributed by atoms with van der Waals surface area (Å²) in [6.07, 6.45) is 6.38. The number of hydrogen-bond donors (Lipinski definition) is 1. The molecule has 2 heterocycles. The Morgan fingerprint density at radius 2 is 2.41 bits per heavy atom. The predicted molar refractivity (Wildman–Crippen MR) is 65.4 cm³/mol. The third kappa shape index (κ3) is 3.33. The van der Waals surface area contributed by atoms with Crippen LogP contribution in [0.5, 0.6) is 0 Å². The second-order valence-electron chi connectivity index (χ2n) is 4.70. The first-order valence-corrected chi connectivity index (χ1v) is 6.24. The molecule has 1 N–H and O–H groups in total. The van der Waals surface area contributed by atoms with Crippen molar-refractivity contribution in [3.63, 3.8) is 0 Å². The minimum absolute atomic E-state index is 0.182. The molecule has 0 aromatic carbocycles. The zero-order chi connectivity index (χ0) is 12.1. The molecule has 1 atom stereocenters. The van der Waals surface area contributed by atoms with Crippen molar-refractivity contribution < 1.29 is 9.21 Å². The minimum atomic E-state index is 0.182. The van der Waals surface area contributed by atoms with Crippen LogP contribution in [0, 0.1) is 5.92 Å². The molecule has 2 rings (SSSR count). The van der Waals surface area contributed by atoms with Gasteiger partial charge in [0, 0.05) is 25.1 Å². The van der Waals surface area contributed by atoms with Crippen LogP contribution in [0.2, 0.25) is 0 Å². The van der Waals surface area contributed by atoms with Gasteiger partial charge in [-0.05, 0) is 38.4 Å². The molecule has 1 aliphatic heterocycles. The largest absolute Gasteiger partial charge is 0.472 e. The van der Waals surface area contributed by atoms with Gasteiger partial charge in [0.05, 0.1) is 12.5 Å². The van der Waals surface area contributed by atoms with Gasteiger partial charge in [-0.15, -0.1) is 0 Å². The molecule has 1 aromatic heterocycles. The molecular weight excluding hydrogens is 216 g/mol. The van der Waals surface area contributed by atoms with E-state index in [9.17, 15) is 4.79 Å². The summed E-state index contributed by atoms with van der Waals surface area (Å²) in [5, 5.41) is 3.33. The lowest BCUT2D eigenvalue weighted by molar-refractivity contribution is -0.135. The van der Waals surface area contributed by atoms with E-state index in [1.807, 2.05) is 13.1 Å². The number of carbonyl (C=O) groups excluding carboxylic acids is 1. The minimum Gasteiger partial charge on any atom is -0.472 e. The Kier molecular flexibility index (Phi) is 4.20. The molecule has 94 valence electrons. The van der Waals surface area contributed by atoms with Gasteiger partial charge in [0.1, 0.15) is 0 Å². The third-order valence-corrected chi connectivity index (χ3v) is 3.30. The normalized spacial score (nSPS) is 20.9. The van der Waals surface area contributed by atoms with Gasteiger partial charge in [0.2, 0.25) is 5.91 Å². The molecule has 1 fully saturated rings. The molecule has 1 aliphatic rings. The fraction of sp³-hybridized carbons (Fsp3) is 0.615. The van der Waals surface area contributed by atoms with E-state index in [1.165, 1.54) is 0 Å². The number of hydrogen-bond acceptors (Lipinski definition) is 3. The van der Waals surface area contributed by atoms with Gasteiger partial charge in [-0.3, -0.25) is 4.79 Å². The lowest BCUT2D eigenvalue weighted by Crippen LogP contribution is -2.32. The second-order valence-corrected chi connectivity index (χ2v) is 4.70. The average molecular weight is 236 g/mol. The van der Waals surface area contributed by atoms with Crippen LogP contribution in [0.4, 0.5) is 0 Å².